The third-order valence-corrected chi connectivity index (χ3v) is 3.16. The van der Waals surface area contributed by atoms with Gasteiger partial charge in [-0.1, -0.05) is 18.2 Å². The van der Waals surface area contributed by atoms with Crippen LogP contribution in [-0.2, 0) is 17.9 Å². The maximum Gasteiger partial charge on any atom is 0.200 e. The van der Waals surface area contributed by atoms with E-state index < -0.39 is 5.75 Å². The van der Waals surface area contributed by atoms with Crippen LogP contribution in [0.3, 0.4) is 0 Å². The normalized spacial score (nSPS) is 10.5. The average Bonchev–Trinajstić information content (AvgIpc) is 2.51. The Balaban J connectivity index is 2.11. The predicted octanol–water partition coefficient (Wildman–Crippen LogP) is 2.95. The Morgan fingerprint density at radius 1 is 0.952 bits per heavy atom. The van der Waals surface area contributed by atoms with Gasteiger partial charge in [-0.25, -0.2) is 0 Å². The summed E-state index contributed by atoms with van der Waals surface area (Å²) in [7, 11) is 0. The van der Waals surface area contributed by atoms with Crippen molar-refractivity contribution in [2.45, 2.75) is 20.1 Å². The van der Waals surface area contributed by atoms with Crippen molar-refractivity contribution in [3.8, 4) is 17.2 Å². The number of phenolic OH excluding ortho intramolecular Hbond substituents is 3. The predicted molar refractivity (Wildman–Crippen MR) is 80.5 cm³/mol. The standard InChI is InChI=1S/C16H19NO4/c1-2-21-10-12-5-3-4-6-13(12)17-9-11-7-8-14(18)16(20)15(11)19/h3-8,17-20H,2,9-10H2,1H3. The molecule has 0 heterocycles. The molecule has 0 fully saturated rings. The van der Waals surface area contributed by atoms with Crippen LogP contribution >= 0.6 is 0 Å². The fourth-order valence-electron chi connectivity index (χ4n) is 1.97. The molecular formula is C16H19NO4. The molecule has 21 heavy (non-hydrogen) atoms. The van der Waals surface area contributed by atoms with Crippen LogP contribution in [0.15, 0.2) is 36.4 Å². The highest BCUT2D eigenvalue weighted by molar-refractivity contribution is 5.56. The molecule has 0 atom stereocenters. The van der Waals surface area contributed by atoms with Crippen molar-refractivity contribution in [1.82, 2.24) is 0 Å². The van der Waals surface area contributed by atoms with Crippen molar-refractivity contribution in [1.29, 1.82) is 0 Å². The first-order valence-electron chi connectivity index (χ1n) is 6.75. The molecule has 0 unspecified atom stereocenters. The van der Waals surface area contributed by atoms with Gasteiger partial charge >= 0.3 is 0 Å². The van der Waals surface area contributed by atoms with Gasteiger partial charge in [-0.3, -0.25) is 0 Å². The maximum absolute atomic E-state index is 9.79. The molecule has 0 saturated carbocycles. The summed E-state index contributed by atoms with van der Waals surface area (Å²) in [4.78, 5) is 0. The van der Waals surface area contributed by atoms with E-state index in [2.05, 4.69) is 5.32 Å². The Hall–Kier alpha value is -2.40. The van der Waals surface area contributed by atoms with E-state index >= 15 is 0 Å². The minimum atomic E-state index is -0.503. The van der Waals surface area contributed by atoms with E-state index in [1.807, 2.05) is 31.2 Å². The molecular weight excluding hydrogens is 270 g/mol. The van der Waals surface area contributed by atoms with Crippen LogP contribution in [0.1, 0.15) is 18.1 Å². The summed E-state index contributed by atoms with van der Waals surface area (Å²) in [5, 5.41) is 31.8. The maximum atomic E-state index is 9.79. The van der Waals surface area contributed by atoms with E-state index in [9.17, 15) is 15.3 Å². The summed E-state index contributed by atoms with van der Waals surface area (Å²) >= 11 is 0. The monoisotopic (exact) mass is 289 g/mol. The van der Waals surface area contributed by atoms with Crippen molar-refractivity contribution < 1.29 is 20.1 Å². The summed E-state index contributed by atoms with van der Waals surface area (Å²) in [5.74, 6) is -1.16. The number of phenols is 3. The molecule has 0 bridgehead atoms. The van der Waals surface area contributed by atoms with Gasteiger partial charge < -0.3 is 25.4 Å². The number of hydrogen-bond acceptors (Lipinski definition) is 5. The summed E-state index contributed by atoms with van der Waals surface area (Å²) in [6, 6.07) is 10.6. The first-order valence-corrected chi connectivity index (χ1v) is 6.75. The van der Waals surface area contributed by atoms with Crippen molar-refractivity contribution in [3.63, 3.8) is 0 Å². The second kappa shape index (κ2) is 6.85. The molecule has 0 aliphatic rings. The van der Waals surface area contributed by atoms with Crippen LogP contribution in [0.4, 0.5) is 5.69 Å². The molecule has 0 spiro atoms. The average molecular weight is 289 g/mol. The fourth-order valence-corrected chi connectivity index (χ4v) is 1.97. The lowest BCUT2D eigenvalue weighted by Crippen LogP contribution is -2.04. The molecule has 4 N–H and O–H groups in total. The summed E-state index contributed by atoms with van der Waals surface area (Å²) in [6.45, 7) is 3.41. The van der Waals surface area contributed by atoms with E-state index in [1.54, 1.807) is 6.07 Å². The summed E-state index contributed by atoms with van der Waals surface area (Å²) < 4.78 is 5.41. The molecule has 2 aromatic carbocycles. The number of rotatable bonds is 6. The van der Waals surface area contributed by atoms with E-state index in [0.29, 0.717) is 25.3 Å². The molecule has 0 saturated heterocycles. The van der Waals surface area contributed by atoms with Gasteiger partial charge in [-0.05, 0) is 25.1 Å². The lowest BCUT2D eigenvalue weighted by atomic mass is 10.1. The Morgan fingerprint density at radius 2 is 1.71 bits per heavy atom. The van der Waals surface area contributed by atoms with Crippen LogP contribution in [0.5, 0.6) is 17.2 Å². The molecule has 0 radical (unpaired) electrons. The van der Waals surface area contributed by atoms with Crippen LogP contribution in [0.25, 0.3) is 0 Å². The third kappa shape index (κ3) is 3.58. The first kappa shape index (κ1) is 15.0. The zero-order chi connectivity index (χ0) is 15.2. The highest BCUT2D eigenvalue weighted by atomic mass is 16.5. The second-order valence-corrected chi connectivity index (χ2v) is 4.59. The molecule has 0 aliphatic carbocycles. The van der Waals surface area contributed by atoms with Gasteiger partial charge in [0.15, 0.2) is 11.5 Å². The molecule has 5 heteroatoms. The summed E-state index contributed by atoms with van der Waals surface area (Å²) in [6.07, 6.45) is 0. The number of hydrogen-bond donors (Lipinski definition) is 4. The Labute approximate surface area is 123 Å². The van der Waals surface area contributed by atoms with Gasteiger partial charge in [-0.15, -0.1) is 0 Å². The lowest BCUT2D eigenvalue weighted by Gasteiger charge is -2.13. The lowest BCUT2D eigenvalue weighted by molar-refractivity contribution is 0.134. The van der Waals surface area contributed by atoms with E-state index in [4.69, 9.17) is 4.74 Å². The molecule has 2 rings (SSSR count). The highest BCUT2D eigenvalue weighted by Crippen LogP contribution is 2.37. The Bertz CT molecular complexity index is 613. The SMILES string of the molecule is CCOCc1ccccc1NCc1ccc(O)c(O)c1O. The van der Waals surface area contributed by atoms with E-state index in [1.165, 1.54) is 6.07 Å². The molecule has 112 valence electrons. The van der Waals surface area contributed by atoms with Crippen molar-refractivity contribution in [2.75, 3.05) is 11.9 Å². The smallest absolute Gasteiger partial charge is 0.200 e. The van der Waals surface area contributed by atoms with Crippen molar-refractivity contribution in [2.24, 2.45) is 0 Å². The van der Waals surface area contributed by atoms with Gasteiger partial charge in [0, 0.05) is 30.0 Å². The first-order chi connectivity index (χ1) is 10.1. The zero-order valence-electron chi connectivity index (χ0n) is 11.8. The van der Waals surface area contributed by atoms with E-state index in [0.717, 1.165) is 11.3 Å². The fraction of sp³-hybridized carbons (Fsp3) is 0.250. The largest absolute Gasteiger partial charge is 0.504 e. The van der Waals surface area contributed by atoms with Gasteiger partial charge in [0.25, 0.3) is 0 Å². The summed E-state index contributed by atoms with van der Waals surface area (Å²) in [5.41, 5.74) is 2.41. The number of anilines is 1. The van der Waals surface area contributed by atoms with Gasteiger partial charge in [-0.2, -0.15) is 0 Å². The minimum Gasteiger partial charge on any atom is -0.504 e. The number of ether oxygens (including phenoxy) is 1. The van der Waals surface area contributed by atoms with Crippen LogP contribution < -0.4 is 5.32 Å². The molecule has 0 amide bonds. The number of para-hydroxylation sites is 1. The van der Waals surface area contributed by atoms with Crippen LogP contribution in [0, 0.1) is 0 Å². The highest BCUT2D eigenvalue weighted by Gasteiger charge is 2.11. The number of benzene rings is 2. The number of nitrogens with one attached hydrogen (secondary N) is 1. The van der Waals surface area contributed by atoms with Gasteiger partial charge in [0.2, 0.25) is 5.75 Å². The minimum absolute atomic E-state index is 0.315. The van der Waals surface area contributed by atoms with Gasteiger partial charge in [0.1, 0.15) is 0 Å². The Morgan fingerprint density at radius 3 is 2.48 bits per heavy atom. The molecule has 2 aromatic rings. The molecule has 0 aliphatic heterocycles. The van der Waals surface area contributed by atoms with Crippen molar-refractivity contribution >= 4 is 5.69 Å². The van der Waals surface area contributed by atoms with Crippen molar-refractivity contribution in [3.05, 3.63) is 47.5 Å². The zero-order valence-corrected chi connectivity index (χ0v) is 11.8. The topological polar surface area (TPSA) is 82.0 Å². The van der Waals surface area contributed by atoms with Gasteiger partial charge in [0.05, 0.1) is 6.61 Å². The third-order valence-electron chi connectivity index (χ3n) is 3.16. The second-order valence-electron chi connectivity index (χ2n) is 4.59. The Kier molecular flexibility index (Phi) is 4.90. The molecule has 5 nitrogen and oxygen atoms in total. The van der Waals surface area contributed by atoms with Crippen LogP contribution in [-0.4, -0.2) is 21.9 Å². The van der Waals surface area contributed by atoms with E-state index in [-0.39, 0.29) is 11.5 Å². The number of aromatic hydroxyl groups is 3. The van der Waals surface area contributed by atoms with Crippen LogP contribution in [0.2, 0.25) is 0 Å². The quantitative estimate of drug-likeness (QED) is 0.615. The molecule has 0 aromatic heterocycles.